The minimum atomic E-state index is -4.37. The molecule has 0 aliphatic heterocycles. The molecule has 1 rings (SSSR count). The first kappa shape index (κ1) is 12.3. The lowest BCUT2D eigenvalue weighted by Crippen LogP contribution is -2.20. The van der Waals surface area contributed by atoms with Gasteiger partial charge in [-0.1, -0.05) is 17.7 Å². The Balaban J connectivity index is 2.83. The highest BCUT2D eigenvalue weighted by atomic mass is 35.5. The van der Waals surface area contributed by atoms with Crippen LogP contribution in [0.4, 0.5) is 17.6 Å². The lowest BCUT2D eigenvalue weighted by atomic mass is 10.0. The fourth-order valence-electron chi connectivity index (χ4n) is 1.11. The molecule has 2 N–H and O–H groups in total. The van der Waals surface area contributed by atoms with E-state index in [1.807, 2.05) is 0 Å². The second kappa shape index (κ2) is 4.37. The van der Waals surface area contributed by atoms with Crippen LogP contribution < -0.4 is 5.73 Å². The molecule has 0 unspecified atom stereocenters. The Hall–Kier alpha value is -0.810. The summed E-state index contributed by atoms with van der Waals surface area (Å²) in [5.74, 6) is -0.771. The average molecular weight is 242 g/mol. The summed E-state index contributed by atoms with van der Waals surface area (Å²) in [6.07, 6.45) is -5.55. The van der Waals surface area contributed by atoms with Gasteiger partial charge in [-0.25, -0.2) is 4.39 Å². The third kappa shape index (κ3) is 3.68. The van der Waals surface area contributed by atoms with E-state index in [4.69, 9.17) is 17.3 Å². The Kier molecular flexibility index (Phi) is 3.57. The summed E-state index contributed by atoms with van der Waals surface area (Å²) in [7, 11) is 0. The fourth-order valence-corrected chi connectivity index (χ4v) is 1.23. The molecule has 0 radical (unpaired) electrons. The molecule has 0 amide bonds. The number of alkyl halides is 3. The summed E-state index contributed by atoms with van der Waals surface area (Å²) in [4.78, 5) is 0. The van der Waals surface area contributed by atoms with Crippen molar-refractivity contribution in [3.05, 3.63) is 34.6 Å². The molecule has 0 bridgehead atoms. The lowest BCUT2D eigenvalue weighted by Gasteiger charge is -2.14. The fraction of sp³-hybridized carbons (Fsp3) is 0.333. The van der Waals surface area contributed by atoms with Gasteiger partial charge in [0.25, 0.3) is 0 Å². The number of rotatable bonds is 2. The second-order valence-electron chi connectivity index (χ2n) is 3.10. The number of halogens is 5. The first-order valence-electron chi connectivity index (χ1n) is 4.07. The highest BCUT2D eigenvalue weighted by molar-refractivity contribution is 6.30. The molecule has 1 aromatic carbocycles. The van der Waals surface area contributed by atoms with E-state index >= 15 is 0 Å². The van der Waals surface area contributed by atoms with Crippen LogP contribution in [0, 0.1) is 5.82 Å². The van der Waals surface area contributed by atoms with Crippen molar-refractivity contribution in [3.63, 3.8) is 0 Å². The predicted molar refractivity (Wildman–Crippen MR) is 49.0 cm³/mol. The molecule has 0 spiro atoms. The molecule has 6 heteroatoms. The maximum Gasteiger partial charge on any atom is 0.390 e. The van der Waals surface area contributed by atoms with Crippen LogP contribution in [0.5, 0.6) is 0 Å². The maximum absolute atomic E-state index is 12.9. The zero-order valence-corrected chi connectivity index (χ0v) is 8.24. The van der Waals surface area contributed by atoms with Crippen LogP contribution >= 0.6 is 11.6 Å². The summed E-state index contributed by atoms with van der Waals surface area (Å²) < 4.78 is 48.8. The zero-order chi connectivity index (χ0) is 11.6. The van der Waals surface area contributed by atoms with E-state index in [0.717, 1.165) is 6.07 Å². The van der Waals surface area contributed by atoms with Gasteiger partial charge in [-0.3, -0.25) is 0 Å². The average Bonchev–Trinajstić information content (AvgIpc) is 2.06. The van der Waals surface area contributed by atoms with E-state index in [1.54, 1.807) is 0 Å². The van der Waals surface area contributed by atoms with Gasteiger partial charge in [0.15, 0.2) is 0 Å². The SMILES string of the molecule is N[C@H](CC(F)(F)F)c1ccc(Cl)c(F)c1. The maximum atomic E-state index is 12.9. The quantitative estimate of drug-likeness (QED) is 0.789. The molecule has 0 aliphatic rings. The number of nitrogens with two attached hydrogens (primary N) is 1. The van der Waals surface area contributed by atoms with Crippen molar-refractivity contribution < 1.29 is 17.6 Å². The van der Waals surface area contributed by atoms with Crippen LogP contribution in [-0.2, 0) is 0 Å². The molecule has 0 heterocycles. The van der Waals surface area contributed by atoms with Gasteiger partial charge in [0.1, 0.15) is 5.82 Å². The molecule has 0 aromatic heterocycles. The molecule has 0 aliphatic carbocycles. The monoisotopic (exact) mass is 241 g/mol. The van der Waals surface area contributed by atoms with E-state index in [-0.39, 0.29) is 10.6 Å². The van der Waals surface area contributed by atoms with Crippen molar-refractivity contribution in [3.8, 4) is 0 Å². The molecule has 1 aromatic rings. The first-order chi connectivity index (χ1) is 6.79. The molecule has 0 saturated carbocycles. The summed E-state index contributed by atoms with van der Waals surface area (Å²) in [5.41, 5.74) is 5.35. The van der Waals surface area contributed by atoms with Crippen molar-refractivity contribution in [1.29, 1.82) is 0 Å². The van der Waals surface area contributed by atoms with E-state index < -0.39 is 24.5 Å². The van der Waals surface area contributed by atoms with Crippen molar-refractivity contribution in [2.75, 3.05) is 0 Å². The largest absolute Gasteiger partial charge is 0.390 e. The summed E-state index contributed by atoms with van der Waals surface area (Å²) in [6, 6.07) is 2.11. The van der Waals surface area contributed by atoms with Gasteiger partial charge in [-0.05, 0) is 17.7 Å². The highest BCUT2D eigenvalue weighted by Gasteiger charge is 2.31. The van der Waals surface area contributed by atoms with Crippen LogP contribution in [0.1, 0.15) is 18.0 Å². The molecule has 15 heavy (non-hydrogen) atoms. The Bertz CT molecular complexity index is 350. The first-order valence-corrected chi connectivity index (χ1v) is 4.44. The molecule has 1 nitrogen and oxygen atoms in total. The Labute approximate surface area is 88.8 Å². The third-order valence-electron chi connectivity index (χ3n) is 1.82. The van der Waals surface area contributed by atoms with Gasteiger partial charge in [0, 0.05) is 6.04 Å². The molecular weight excluding hydrogens is 234 g/mol. The van der Waals surface area contributed by atoms with Gasteiger partial charge in [0.2, 0.25) is 0 Å². The minimum Gasteiger partial charge on any atom is -0.324 e. The van der Waals surface area contributed by atoms with Gasteiger partial charge in [0.05, 0.1) is 11.4 Å². The van der Waals surface area contributed by atoms with Crippen LogP contribution in [0.2, 0.25) is 5.02 Å². The second-order valence-corrected chi connectivity index (χ2v) is 3.51. The van der Waals surface area contributed by atoms with Crippen molar-refractivity contribution in [2.45, 2.75) is 18.6 Å². The summed E-state index contributed by atoms with van der Waals surface area (Å²) >= 11 is 5.38. The number of hydrogen-bond acceptors (Lipinski definition) is 1. The van der Waals surface area contributed by atoms with E-state index in [0.29, 0.717) is 0 Å². The standard InChI is InChI=1S/C9H8ClF4N/c10-6-2-1-5(3-7(6)11)8(15)4-9(12,13)14/h1-3,8H,4,15H2/t8-/m1/s1. The van der Waals surface area contributed by atoms with Gasteiger partial charge in [-0.2, -0.15) is 13.2 Å². The molecule has 84 valence electrons. The van der Waals surface area contributed by atoms with Crippen LogP contribution in [0.25, 0.3) is 0 Å². The summed E-state index contributed by atoms with van der Waals surface area (Å²) in [6.45, 7) is 0. The van der Waals surface area contributed by atoms with Gasteiger partial charge in [-0.15, -0.1) is 0 Å². The highest BCUT2D eigenvalue weighted by Crippen LogP contribution is 2.29. The number of benzene rings is 1. The Morgan fingerprint density at radius 2 is 1.93 bits per heavy atom. The van der Waals surface area contributed by atoms with E-state index in [2.05, 4.69) is 0 Å². The topological polar surface area (TPSA) is 26.0 Å². The van der Waals surface area contributed by atoms with Gasteiger partial charge >= 0.3 is 6.18 Å². The van der Waals surface area contributed by atoms with Crippen molar-refractivity contribution in [1.82, 2.24) is 0 Å². The van der Waals surface area contributed by atoms with Crippen molar-refractivity contribution >= 4 is 11.6 Å². The Morgan fingerprint density at radius 1 is 1.33 bits per heavy atom. The summed E-state index contributed by atoms with van der Waals surface area (Å²) in [5, 5.41) is -0.141. The van der Waals surface area contributed by atoms with Crippen LogP contribution in [-0.4, -0.2) is 6.18 Å². The minimum absolute atomic E-state index is 0.0780. The lowest BCUT2D eigenvalue weighted by molar-refractivity contribution is -0.138. The van der Waals surface area contributed by atoms with Crippen LogP contribution in [0.3, 0.4) is 0 Å². The molecule has 1 atom stereocenters. The zero-order valence-electron chi connectivity index (χ0n) is 7.48. The van der Waals surface area contributed by atoms with Crippen molar-refractivity contribution in [2.24, 2.45) is 5.73 Å². The van der Waals surface area contributed by atoms with E-state index in [1.165, 1.54) is 12.1 Å². The van der Waals surface area contributed by atoms with E-state index in [9.17, 15) is 17.6 Å². The number of hydrogen-bond donors (Lipinski definition) is 1. The Morgan fingerprint density at radius 3 is 2.40 bits per heavy atom. The molecular formula is C9H8ClF4N. The van der Waals surface area contributed by atoms with Gasteiger partial charge < -0.3 is 5.73 Å². The molecule has 0 saturated heterocycles. The smallest absolute Gasteiger partial charge is 0.324 e. The normalized spacial score (nSPS) is 14.0. The predicted octanol–water partition coefficient (Wildman–Crippen LogP) is 3.43. The van der Waals surface area contributed by atoms with Crippen LogP contribution in [0.15, 0.2) is 18.2 Å². The molecule has 0 fully saturated rings. The third-order valence-corrected chi connectivity index (χ3v) is 2.13.